The highest BCUT2D eigenvalue weighted by Gasteiger charge is 2.09. The molecule has 1 nitrogen and oxygen atoms in total. The maximum atomic E-state index is 5.87. The standard InChI is InChI=1S/C8H12ClNS/c1-6(3-7(2)9)8-4-11-5-10-8/h4-7H,3H2,1-2H3. The molecule has 0 spiro atoms. The summed E-state index contributed by atoms with van der Waals surface area (Å²) in [4.78, 5) is 4.23. The molecule has 0 saturated heterocycles. The maximum Gasteiger partial charge on any atom is 0.0794 e. The van der Waals surface area contributed by atoms with Gasteiger partial charge in [0.25, 0.3) is 0 Å². The molecule has 0 fully saturated rings. The van der Waals surface area contributed by atoms with Gasteiger partial charge in [-0.1, -0.05) is 6.92 Å². The molecule has 1 aromatic rings. The fourth-order valence-corrected chi connectivity index (χ4v) is 2.02. The number of thiazole rings is 1. The van der Waals surface area contributed by atoms with Gasteiger partial charge in [0.15, 0.2) is 0 Å². The van der Waals surface area contributed by atoms with Gasteiger partial charge in [-0.25, -0.2) is 4.98 Å². The van der Waals surface area contributed by atoms with Gasteiger partial charge in [-0.3, -0.25) is 0 Å². The lowest BCUT2D eigenvalue weighted by Gasteiger charge is -2.08. The van der Waals surface area contributed by atoms with Crippen LogP contribution in [0.5, 0.6) is 0 Å². The van der Waals surface area contributed by atoms with Gasteiger partial charge in [-0.15, -0.1) is 22.9 Å². The van der Waals surface area contributed by atoms with Crippen molar-refractivity contribution in [2.24, 2.45) is 0 Å². The Morgan fingerprint density at radius 3 is 2.82 bits per heavy atom. The van der Waals surface area contributed by atoms with Crippen LogP contribution in [0.25, 0.3) is 0 Å². The first-order valence-electron chi connectivity index (χ1n) is 3.72. The molecule has 0 N–H and O–H groups in total. The first-order chi connectivity index (χ1) is 5.20. The second kappa shape index (κ2) is 4.07. The Labute approximate surface area is 76.4 Å². The minimum Gasteiger partial charge on any atom is -0.249 e. The van der Waals surface area contributed by atoms with Gasteiger partial charge in [0.05, 0.1) is 11.2 Å². The molecule has 3 heteroatoms. The normalized spacial score (nSPS) is 16.3. The van der Waals surface area contributed by atoms with Crippen molar-refractivity contribution in [1.82, 2.24) is 4.98 Å². The Morgan fingerprint density at radius 1 is 1.64 bits per heavy atom. The Bertz CT molecular complexity index is 196. The second-order valence-corrected chi connectivity index (χ2v) is 4.29. The third-order valence-corrected chi connectivity index (χ3v) is 2.42. The highest BCUT2D eigenvalue weighted by atomic mass is 35.5. The number of aromatic nitrogens is 1. The van der Waals surface area contributed by atoms with Crippen molar-refractivity contribution in [3.05, 3.63) is 16.6 Å². The number of hydrogen-bond acceptors (Lipinski definition) is 2. The molecular formula is C8H12ClNS. The van der Waals surface area contributed by atoms with Crippen molar-refractivity contribution in [2.75, 3.05) is 0 Å². The van der Waals surface area contributed by atoms with Gasteiger partial charge in [-0.05, 0) is 13.3 Å². The maximum absolute atomic E-state index is 5.87. The molecule has 0 radical (unpaired) electrons. The lowest BCUT2D eigenvalue weighted by Crippen LogP contribution is -2.00. The monoisotopic (exact) mass is 189 g/mol. The Kier molecular flexibility index (Phi) is 3.34. The van der Waals surface area contributed by atoms with Crippen LogP contribution in [0.15, 0.2) is 10.9 Å². The number of rotatable bonds is 3. The summed E-state index contributed by atoms with van der Waals surface area (Å²) in [6, 6.07) is 0. The SMILES string of the molecule is CC(Cl)CC(C)c1cscn1. The minimum atomic E-state index is 0.242. The van der Waals surface area contributed by atoms with E-state index in [1.54, 1.807) is 11.3 Å². The van der Waals surface area contributed by atoms with Crippen LogP contribution >= 0.6 is 22.9 Å². The lowest BCUT2D eigenvalue weighted by atomic mass is 10.0. The first kappa shape index (κ1) is 9.01. The van der Waals surface area contributed by atoms with E-state index < -0.39 is 0 Å². The zero-order valence-corrected chi connectivity index (χ0v) is 8.32. The Morgan fingerprint density at radius 2 is 2.36 bits per heavy atom. The molecule has 1 rings (SSSR count). The molecular weight excluding hydrogens is 178 g/mol. The molecule has 0 bridgehead atoms. The van der Waals surface area contributed by atoms with Crippen LogP contribution in [0.3, 0.4) is 0 Å². The van der Waals surface area contributed by atoms with Crippen molar-refractivity contribution < 1.29 is 0 Å². The smallest absolute Gasteiger partial charge is 0.0794 e. The summed E-state index contributed by atoms with van der Waals surface area (Å²) < 4.78 is 0. The molecule has 62 valence electrons. The van der Waals surface area contributed by atoms with E-state index in [4.69, 9.17) is 11.6 Å². The van der Waals surface area contributed by atoms with E-state index in [0.717, 1.165) is 6.42 Å². The van der Waals surface area contributed by atoms with Gasteiger partial charge >= 0.3 is 0 Å². The topological polar surface area (TPSA) is 12.9 Å². The molecule has 0 aromatic carbocycles. The Hall–Kier alpha value is -0.0800. The number of halogens is 1. The number of nitrogens with zero attached hydrogens (tertiary/aromatic N) is 1. The van der Waals surface area contributed by atoms with Gasteiger partial charge < -0.3 is 0 Å². The van der Waals surface area contributed by atoms with Crippen LogP contribution in [0.4, 0.5) is 0 Å². The lowest BCUT2D eigenvalue weighted by molar-refractivity contribution is 0.657. The Balaban J connectivity index is 2.49. The van der Waals surface area contributed by atoms with Crippen molar-refractivity contribution in [3.8, 4) is 0 Å². The van der Waals surface area contributed by atoms with E-state index in [1.165, 1.54) is 5.69 Å². The van der Waals surface area contributed by atoms with E-state index in [0.29, 0.717) is 5.92 Å². The van der Waals surface area contributed by atoms with E-state index in [2.05, 4.69) is 17.3 Å². The van der Waals surface area contributed by atoms with Gasteiger partial charge in [0.1, 0.15) is 0 Å². The van der Waals surface area contributed by atoms with Gasteiger partial charge in [0, 0.05) is 16.7 Å². The fourth-order valence-electron chi connectivity index (χ4n) is 1.07. The van der Waals surface area contributed by atoms with Crippen LogP contribution in [-0.4, -0.2) is 10.4 Å². The minimum absolute atomic E-state index is 0.242. The molecule has 1 aromatic heterocycles. The fraction of sp³-hybridized carbons (Fsp3) is 0.625. The summed E-state index contributed by atoms with van der Waals surface area (Å²) >= 11 is 7.51. The second-order valence-electron chi connectivity index (χ2n) is 2.83. The molecule has 2 unspecified atom stereocenters. The molecule has 0 aliphatic heterocycles. The van der Waals surface area contributed by atoms with Crippen LogP contribution in [0.1, 0.15) is 31.9 Å². The number of hydrogen-bond donors (Lipinski definition) is 0. The molecule has 2 atom stereocenters. The quantitative estimate of drug-likeness (QED) is 0.666. The summed E-state index contributed by atoms with van der Waals surface area (Å²) in [7, 11) is 0. The summed E-state index contributed by atoms with van der Waals surface area (Å²) in [5.41, 5.74) is 3.03. The van der Waals surface area contributed by atoms with Gasteiger partial charge in [0.2, 0.25) is 0 Å². The highest BCUT2D eigenvalue weighted by molar-refractivity contribution is 7.07. The zero-order valence-electron chi connectivity index (χ0n) is 6.75. The average molecular weight is 190 g/mol. The predicted molar refractivity (Wildman–Crippen MR) is 50.5 cm³/mol. The van der Waals surface area contributed by atoms with Crippen molar-refractivity contribution in [2.45, 2.75) is 31.6 Å². The highest BCUT2D eigenvalue weighted by Crippen LogP contribution is 2.21. The van der Waals surface area contributed by atoms with Crippen molar-refractivity contribution >= 4 is 22.9 Å². The van der Waals surface area contributed by atoms with E-state index in [9.17, 15) is 0 Å². The molecule has 0 aliphatic rings. The third kappa shape index (κ3) is 2.80. The van der Waals surface area contributed by atoms with Crippen LogP contribution < -0.4 is 0 Å². The largest absolute Gasteiger partial charge is 0.249 e. The first-order valence-corrected chi connectivity index (χ1v) is 5.10. The van der Waals surface area contributed by atoms with E-state index in [-0.39, 0.29) is 5.38 Å². The molecule has 0 amide bonds. The van der Waals surface area contributed by atoms with E-state index in [1.807, 2.05) is 12.4 Å². The third-order valence-electron chi connectivity index (χ3n) is 1.63. The zero-order chi connectivity index (χ0) is 8.27. The van der Waals surface area contributed by atoms with Gasteiger partial charge in [-0.2, -0.15) is 0 Å². The number of alkyl halides is 1. The molecule has 0 saturated carbocycles. The average Bonchev–Trinajstić information content (AvgIpc) is 2.35. The molecule has 11 heavy (non-hydrogen) atoms. The van der Waals surface area contributed by atoms with Crippen LogP contribution in [0.2, 0.25) is 0 Å². The van der Waals surface area contributed by atoms with Crippen molar-refractivity contribution in [1.29, 1.82) is 0 Å². The molecule has 0 aliphatic carbocycles. The molecule has 1 heterocycles. The van der Waals surface area contributed by atoms with Crippen LogP contribution in [-0.2, 0) is 0 Å². The summed E-state index contributed by atoms with van der Waals surface area (Å²) in [5, 5.41) is 2.33. The van der Waals surface area contributed by atoms with Crippen molar-refractivity contribution in [3.63, 3.8) is 0 Å². The van der Waals surface area contributed by atoms with Crippen LogP contribution in [0, 0.1) is 0 Å². The predicted octanol–water partition coefficient (Wildman–Crippen LogP) is 3.26. The summed E-state index contributed by atoms with van der Waals surface area (Å²) in [6.07, 6.45) is 1.01. The van der Waals surface area contributed by atoms with E-state index >= 15 is 0 Å². The summed E-state index contributed by atoms with van der Waals surface area (Å²) in [6.45, 7) is 4.18. The summed E-state index contributed by atoms with van der Waals surface area (Å²) in [5.74, 6) is 0.494.